The van der Waals surface area contributed by atoms with Gasteiger partial charge in [-0.2, -0.15) is 0 Å². The van der Waals surface area contributed by atoms with Crippen LogP contribution in [-0.2, 0) is 4.79 Å². The molecule has 0 aromatic heterocycles. The summed E-state index contributed by atoms with van der Waals surface area (Å²) in [6, 6.07) is 0.352. The van der Waals surface area contributed by atoms with E-state index < -0.39 is 0 Å². The minimum atomic E-state index is 0.192. The molecule has 1 rings (SSSR count). The first-order valence-electron chi connectivity index (χ1n) is 7.34. The average Bonchev–Trinajstić information content (AvgIpc) is 2.38. The third-order valence-electron chi connectivity index (χ3n) is 3.81. The van der Waals surface area contributed by atoms with Gasteiger partial charge >= 0.3 is 0 Å². The van der Waals surface area contributed by atoms with Gasteiger partial charge in [-0.05, 0) is 51.2 Å². The highest BCUT2D eigenvalue weighted by Crippen LogP contribution is 2.22. The van der Waals surface area contributed by atoms with Crippen LogP contribution in [-0.4, -0.2) is 38.1 Å². The standard InChI is InChI=1S/C14H29N3O/c1-4-16-12(3)9-17-14(18)8-11(2)13-6-5-7-15-10-13/h11-13,15-16H,4-10H2,1-3H3,(H,17,18)/t11?,12-,13?/m1/s1. The number of amides is 1. The number of carbonyl (C=O) groups is 1. The molecular formula is C14H29N3O. The number of piperidine rings is 1. The average molecular weight is 255 g/mol. The summed E-state index contributed by atoms with van der Waals surface area (Å²) < 4.78 is 0. The Morgan fingerprint density at radius 1 is 1.44 bits per heavy atom. The molecule has 0 spiro atoms. The van der Waals surface area contributed by atoms with E-state index >= 15 is 0 Å². The summed E-state index contributed by atoms with van der Waals surface area (Å²) >= 11 is 0. The molecule has 1 aliphatic rings. The van der Waals surface area contributed by atoms with Crippen LogP contribution in [0.4, 0.5) is 0 Å². The van der Waals surface area contributed by atoms with Crippen LogP contribution in [0.2, 0.25) is 0 Å². The first-order valence-corrected chi connectivity index (χ1v) is 7.34. The van der Waals surface area contributed by atoms with E-state index in [2.05, 4.69) is 36.7 Å². The van der Waals surface area contributed by atoms with Gasteiger partial charge in [0.1, 0.15) is 0 Å². The third kappa shape index (κ3) is 5.83. The Balaban J connectivity index is 2.18. The van der Waals surface area contributed by atoms with Crippen LogP contribution in [0.1, 0.15) is 40.0 Å². The van der Waals surface area contributed by atoms with Gasteiger partial charge in [0.2, 0.25) is 5.91 Å². The highest BCUT2D eigenvalue weighted by atomic mass is 16.1. The number of rotatable bonds is 7. The van der Waals surface area contributed by atoms with Crippen LogP contribution < -0.4 is 16.0 Å². The largest absolute Gasteiger partial charge is 0.355 e. The van der Waals surface area contributed by atoms with E-state index in [9.17, 15) is 4.79 Å². The van der Waals surface area contributed by atoms with Gasteiger partial charge in [-0.15, -0.1) is 0 Å². The summed E-state index contributed by atoms with van der Waals surface area (Å²) in [5.74, 6) is 1.33. The second-order valence-corrected chi connectivity index (χ2v) is 5.55. The Labute approximate surface area is 111 Å². The predicted octanol–water partition coefficient (Wildman–Crippen LogP) is 1.13. The minimum Gasteiger partial charge on any atom is -0.355 e. The van der Waals surface area contributed by atoms with Gasteiger partial charge in [0.05, 0.1) is 0 Å². The molecule has 4 nitrogen and oxygen atoms in total. The lowest BCUT2D eigenvalue weighted by Crippen LogP contribution is -2.40. The van der Waals surface area contributed by atoms with Gasteiger partial charge in [-0.1, -0.05) is 13.8 Å². The van der Waals surface area contributed by atoms with Gasteiger partial charge in [-0.25, -0.2) is 0 Å². The van der Waals surface area contributed by atoms with Gasteiger partial charge in [0.15, 0.2) is 0 Å². The molecule has 106 valence electrons. The summed E-state index contributed by atoms with van der Waals surface area (Å²) in [6.45, 7) is 10.3. The molecule has 0 aromatic carbocycles. The zero-order chi connectivity index (χ0) is 13.4. The lowest BCUT2D eigenvalue weighted by atomic mass is 9.85. The Kier molecular flexibility index (Phi) is 7.28. The van der Waals surface area contributed by atoms with Crippen molar-refractivity contribution in [1.29, 1.82) is 0 Å². The van der Waals surface area contributed by atoms with Crippen molar-refractivity contribution in [3.8, 4) is 0 Å². The van der Waals surface area contributed by atoms with Crippen molar-refractivity contribution in [2.45, 2.75) is 46.1 Å². The SMILES string of the molecule is CCN[C@H](C)CNC(=O)CC(C)C1CCCNC1. The van der Waals surface area contributed by atoms with Gasteiger partial charge in [0, 0.05) is 19.0 Å². The highest BCUT2D eigenvalue weighted by molar-refractivity contribution is 5.76. The maximum Gasteiger partial charge on any atom is 0.220 e. The van der Waals surface area contributed by atoms with Gasteiger partial charge in [-0.3, -0.25) is 4.79 Å². The molecule has 18 heavy (non-hydrogen) atoms. The van der Waals surface area contributed by atoms with Crippen LogP contribution in [0, 0.1) is 11.8 Å². The Bertz CT molecular complexity index is 239. The van der Waals surface area contributed by atoms with E-state index in [-0.39, 0.29) is 5.91 Å². The lowest BCUT2D eigenvalue weighted by molar-refractivity contribution is -0.122. The molecule has 1 aliphatic heterocycles. The Hall–Kier alpha value is -0.610. The highest BCUT2D eigenvalue weighted by Gasteiger charge is 2.21. The second kappa shape index (κ2) is 8.48. The van der Waals surface area contributed by atoms with E-state index in [1.807, 2.05) is 0 Å². The molecule has 1 fully saturated rings. The molecular weight excluding hydrogens is 226 g/mol. The molecule has 0 aliphatic carbocycles. The first-order chi connectivity index (χ1) is 8.63. The molecule has 1 amide bonds. The lowest BCUT2D eigenvalue weighted by Gasteiger charge is -2.28. The van der Waals surface area contributed by atoms with Crippen LogP contribution in [0.5, 0.6) is 0 Å². The van der Waals surface area contributed by atoms with E-state index in [0.29, 0.717) is 24.3 Å². The molecule has 0 aromatic rings. The Morgan fingerprint density at radius 2 is 2.22 bits per heavy atom. The summed E-state index contributed by atoms with van der Waals surface area (Å²) in [5.41, 5.74) is 0. The van der Waals surface area contributed by atoms with Crippen molar-refractivity contribution in [1.82, 2.24) is 16.0 Å². The van der Waals surface area contributed by atoms with Gasteiger partial charge in [0.25, 0.3) is 0 Å². The zero-order valence-corrected chi connectivity index (χ0v) is 12.1. The molecule has 0 bridgehead atoms. The molecule has 1 heterocycles. The maximum atomic E-state index is 11.8. The molecule has 3 atom stereocenters. The van der Waals surface area contributed by atoms with Crippen LogP contribution in [0.3, 0.4) is 0 Å². The van der Waals surface area contributed by atoms with E-state index in [1.165, 1.54) is 12.8 Å². The fraction of sp³-hybridized carbons (Fsp3) is 0.929. The number of nitrogens with one attached hydrogen (secondary N) is 3. The topological polar surface area (TPSA) is 53.2 Å². The third-order valence-corrected chi connectivity index (χ3v) is 3.81. The minimum absolute atomic E-state index is 0.192. The normalized spacial score (nSPS) is 23.4. The number of hydrogen-bond donors (Lipinski definition) is 3. The summed E-state index contributed by atoms with van der Waals surface area (Å²) in [4.78, 5) is 11.8. The molecule has 0 saturated carbocycles. The van der Waals surface area contributed by atoms with Crippen LogP contribution >= 0.6 is 0 Å². The first kappa shape index (κ1) is 15.4. The maximum absolute atomic E-state index is 11.8. The molecule has 2 unspecified atom stereocenters. The predicted molar refractivity (Wildman–Crippen MR) is 75.5 cm³/mol. The smallest absolute Gasteiger partial charge is 0.220 e. The fourth-order valence-electron chi connectivity index (χ4n) is 2.58. The van der Waals surface area contributed by atoms with Crippen molar-refractivity contribution in [3.05, 3.63) is 0 Å². The molecule has 1 saturated heterocycles. The second-order valence-electron chi connectivity index (χ2n) is 5.55. The molecule has 0 radical (unpaired) electrons. The van der Waals surface area contributed by atoms with Gasteiger partial charge < -0.3 is 16.0 Å². The number of hydrogen-bond acceptors (Lipinski definition) is 3. The monoisotopic (exact) mass is 255 g/mol. The van der Waals surface area contributed by atoms with E-state index in [1.54, 1.807) is 0 Å². The zero-order valence-electron chi connectivity index (χ0n) is 12.1. The van der Waals surface area contributed by atoms with Crippen molar-refractivity contribution in [3.63, 3.8) is 0 Å². The summed E-state index contributed by atoms with van der Waals surface area (Å²) in [5, 5.41) is 9.72. The van der Waals surface area contributed by atoms with Crippen molar-refractivity contribution < 1.29 is 4.79 Å². The summed E-state index contributed by atoms with van der Waals surface area (Å²) in [7, 11) is 0. The molecule has 3 N–H and O–H groups in total. The van der Waals surface area contributed by atoms with Crippen molar-refractivity contribution in [2.24, 2.45) is 11.8 Å². The number of likely N-dealkylation sites (N-methyl/N-ethyl adjacent to an activating group) is 1. The van der Waals surface area contributed by atoms with Crippen molar-refractivity contribution >= 4 is 5.91 Å². The summed E-state index contributed by atoms with van der Waals surface area (Å²) in [6.07, 6.45) is 3.16. The quantitative estimate of drug-likeness (QED) is 0.639. The molecule has 4 heteroatoms. The van der Waals surface area contributed by atoms with Crippen molar-refractivity contribution in [2.75, 3.05) is 26.2 Å². The van der Waals surface area contributed by atoms with Crippen LogP contribution in [0.15, 0.2) is 0 Å². The van der Waals surface area contributed by atoms with E-state index in [0.717, 1.165) is 26.2 Å². The van der Waals surface area contributed by atoms with E-state index in [4.69, 9.17) is 0 Å². The fourth-order valence-corrected chi connectivity index (χ4v) is 2.58. The van der Waals surface area contributed by atoms with Crippen LogP contribution in [0.25, 0.3) is 0 Å². The number of carbonyl (C=O) groups excluding carboxylic acids is 1. The Morgan fingerprint density at radius 3 is 2.83 bits per heavy atom.